The molecule has 1 aromatic carbocycles. The summed E-state index contributed by atoms with van der Waals surface area (Å²) in [6, 6.07) is 9.42. The normalized spacial score (nSPS) is 10.0. The van der Waals surface area contributed by atoms with Crippen molar-refractivity contribution >= 4 is 17.6 Å². The molecule has 2 rings (SSSR count). The van der Waals surface area contributed by atoms with E-state index in [1.807, 2.05) is 0 Å². The van der Waals surface area contributed by atoms with Crippen LogP contribution in [0.5, 0.6) is 17.4 Å². The van der Waals surface area contributed by atoms with E-state index in [0.29, 0.717) is 11.5 Å². The van der Waals surface area contributed by atoms with Crippen LogP contribution in [0.3, 0.4) is 0 Å². The van der Waals surface area contributed by atoms with E-state index >= 15 is 0 Å². The zero-order valence-corrected chi connectivity index (χ0v) is 10.7. The van der Waals surface area contributed by atoms with Gasteiger partial charge in [-0.3, -0.25) is 0 Å². The van der Waals surface area contributed by atoms with E-state index in [1.165, 1.54) is 12.1 Å². The minimum Gasteiger partial charge on any atom is -0.497 e. The average molecular weight is 280 g/mol. The van der Waals surface area contributed by atoms with Crippen LogP contribution < -0.4 is 9.47 Å². The van der Waals surface area contributed by atoms with E-state index < -0.39 is 5.97 Å². The number of hydrogen-bond donors (Lipinski definition) is 1. The van der Waals surface area contributed by atoms with Crippen molar-refractivity contribution in [3.05, 3.63) is 47.1 Å². The SMILES string of the molecule is COc1ccc(Oc2nc(Cl)ccc2C(=O)O)cc1. The Morgan fingerprint density at radius 3 is 2.37 bits per heavy atom. The number of ether oxygens (including phenoxy) is 2. The number of carbonyl (C=O) groups is 1. The van der Waals surface area contributed by atoms with Gasteiger partial charge in [0.2, 0.25) is 5.88 Å². The fourth-order valence-corrected chi connectivity index (χ4v) is 1.55. The summed E-state index contributed by atoms with van der Waals surface area (Å²) in [5, 5.41) is 9.19. The maximum Gasteiger partial charge on any atom is 0.341 e. The molecule has 2 aromatic rings. The van der Waals surface area contributed by atoms with Crippen LogP contribution in [0.4, 0.5) is 0 Å². The van der Waals surface area contributed by atoms with E-state index in [0.717, 1.165) is 0 Å². The molecule has 98 valence electrons. The largest absolute Gasteiger partial charge is 0.497 e. The second kappa shape index (κ2) is 5.58. The molecule has 0 saturated heterocycles. The van der Waals surface area contributed by atoms with Crippen molar-refractivity contribution in [2.75, 3.05) is 7.11 Å². The molecular formula is C13H10ClNO4. The molecule has 0 spiro atoms. The number of nitrogens with zero attached hydrogens (tertiary/aromatic N) is 1. The highest BCUT2D eigenvalue weighted by atomic mass is 35.5. The first kappa shape index (κ1) is 13.2. The summed E-state index contributed by atoms with van der Waals surface area (Å²) in [5.74, 6) is -0.0687. The fraction of sp³-hybridized carbons (Fsp3) is 0.0769. The molecule has 0 amide bonds. The van der Waals surface area contributed by atoms with Gasteiger partial charge in [-0.25, -0.2) is 9.78 Å². The lowest BCUT2D eigenvalue weighted by Crippen LogP contribution is -2.02. The van der Waals surface area contributed by atoms with Gasteiger partial charge in [0, 0.05) is 0 Å². The average Bonchev–Trinajstić information content (AvgIpc) is 2.39. The van der Waals surface area contributed by atoms with Crippen molar-refractivity contribution < 1.29 is 19.4 Å². The zero-order chi connectivity index (χ0) is 13.8. The van der Waals surface area contributed by atoms with Crippen LogP contribution in [0.1, 0.15) is 10.4 Å². The fourth-order valence-electron chi connectivity index (χ4n) is 1.41. The molecule has 0 bridgehead atoms. The van der Waals surface area contributed by atoms with Crippen molar-refractivity contribution in [3.8, 4) is 17.4 Å². The van der Waals surface area contributed by atoms with E-state index in [1.54, 1.807) is 31.4 Å². The number of benzene rings is 1. The second-order valence-electron chi connectivity index (χ2n) is 3.57. The van der Waals surface area contributed by atoms with Crippen LogP contribution in [0.2, 0.25) is 5.15 Å². The zero-order valence-electron chi connectivity index (χ0n) is 9.96. The second-order valence-corrected chi connectivity index (χ2v) is 3.96. The standard InChI is InChI=1S/C13H10ClNO4/c1-18-8-2-4-9(5-3-8)19-12-10(13(16)17)6-7-11(14)15-12/h2-7H,1H3,(H,16,17). The van der Waals surface area contributed by atoms with Gasteiger partial charge in [0.1, 0.15) is 22.2 Å². The molecule has 1 heterocycles. The highest BCUT2D eigenvalue weighted by Gasteiger charge is 2.14. The Balaban J connectivity index is 2.31. The first-order valence-corrected chi connectivity index (χ1v) is 5.69. The predicted molar refractivity (Wildman–Crippen MR) is 69.3 cm³/mol. The molecule has 0 fully saturated rings. The summed E-state index contributed by atoms with van der Waals surface area (Å²) < 4.78 is 10.4. The Morgan fingerprint density at radius 1 is 1.16 bits per heavy atom. The topological polar surface area (TPSA) is 68.7 Å². The van der Waals surface area contributed by atoms with Gasteiger partial charge < -0.3 is 14.6 Å². The van der Waals surface area contributed by atoms with Crippen LogP contribution in [-0.4, -0.2) is 23.2 Å². The molecule has 0 atom stereocenters. The molecule has 19 heavy (non-hydrogen) atoms. The number of methoxy groups -OCH3 is 1. The number of pyridine rings is 1. The molecule has 0 aliphatic carbocycles. The molecule has 0 saturated carbocycles. The number of carboxylic acid groups (broad SMARTS) is 1. The molecule has 6 heteroatoms. The van der Waals surface area contributed by atoms with Crippen molar-refractivity contribution in [1.29, 1.82) is 0 Å². The number of rotatable bonds is 4. The lowest BCUT2D eigenvalue weighted by atomic mass is 10.2. The van der Waals surface area contributed by atoms with Gasteiger partial charge in [-0.05, 0) is 36.4 Å². The number of carboxylic acids is 1. The molecule has 0 radical (unpaired) electrons. The third kappa shape index (κ3) is 3.14. The Morgan fingerprint density at radius 2 is 1.79 bits per heavy atom. The summed E-state index contributed by atoms with van der Waals surface area (Å²) in [4.78, 5) is 14.9. The lowest BCUT2D eigenvalue weighted by Gasteiger charge is -2.08. The van der Waals surface area contributed by atoms with Crippen molar-refractivity contribution in [1.82, 2.24) is 4.98 Å². The van der Waals surface area contributed by atoms with Crippen LogP contribution in [0.25, 0.3) is 0 Å². The predicted octanol–water partition coefficient (Wildman–Crippen LogP) is 3.23. The molecule has 1 N–H and O–H groups in total. The van der Waals surface area contributed by atoms with Crippen molar-refractivity contribution in [2.24, 2.45) is 0 Å². The minimum absolute atomic E-state index is 0.0508. The maximum absolute atomic E-state index is 11.0. The number of halogens is 1. The van der Waals surface area contributed by atoms with Gasteiger partial charge in [0.15, 0.2) is 0 Å². The van der Waals surface area contributed by atoms with Crippen LogP contribution >= 0.6 is 11.6 Å². The Labute approximate surface area is 114 Å². The molecular weight excluding hydrogens is 270 g/mol. The quantitative estimate of drug-likeness (QED) is 0.870. The van der Waals surface area contributed by atoms with E-state index in [2.05, 4.69) is 4.98 Å². The van der Waals surface area contributed by atoms with Gasteiger partial charge >= 0.3 is 5.97 Å². The van der Waals surface area contributed by atoms with Crippen LogP contribution in [0, 0.1) is 0 Å². The Kier molecular flexibility index (Phi) is 3.87. The van der Waals surface area contributed by atoms with Crippen LogP contribution in [-0.2, 0) is 0 Å². The van der Waals surface area contributed by atoms with Crippen molar-refractivity contribution in [2.45, 2.75) is 0 Å². The van der Waals surface area contributed by atoms with Gasteiger partial charge in [-0.15, -0.1) is 0 Å². The van der Waals surface area contributed by atoms with Gasteiger partial charge in [-0.1, -0.05) is 11.6 Å². The lowest BCUT2D eigenvalue weighted by molar-refractivity contribution is 0.0693. The summed E-state index contributed by atoms with van der Waals surface area (Å²) >= 11 is 5.73. The number of aromatic nitrogens is 1. The Bertz CT molecular complexity index is 598. The minimum atomic E-state index is -1.13. The molecule has 5 nitrogen and oxygen atoms in total. The highest BCUT2D eigenvalue weighted by molar-refractivity contribution is 6.29. The summed E-state index contributed by atoms with van der Waals surface area (Å²) in [6.07, 6.45) is 0. The smallest absolute Gasteiger partial charge is 0.341 e. The highest BCUT2D eigenvalue weighted by Crippen LogP contribution is 2.26. The first-order chi connectivity index (χ1) is 9.10. The third-order valence-electron chi connectivity index (χ3n) is 2.33. The summed E-state index contributed by atoms with van der Waals surface area (Å²) in [6.45, 7) is 0. The van der Waals surface area contributed by atoms with Crippen LogP contribution in [0.15, 0.2) is 36.4 Å². The summed E-state index contributed by atoms with van der Waals surface area (Å²) in [7, 11) is 1.55. The monoisotopic (exact) mass is 279 g/mol. The summed E-state index contributed by atoms with van der Waals surface area (Å²) in [5.41, 5.74) is -0.0554. The molecule has 0 aliphatic heterocycles. The molecule has 1 aromatic heterocycles. The maximum atomic E-state index is 11.0. The molecule has 0 aliphatic rings. The van der Waals surface area contributed by atoms with E-state index in [-0.39, 0.29) is 16.6 Å². The Hall–Kier alpha value is -2.27. The van der Waals surface area contributed by atoms with E-state index in [4.69, 9.17) is 26.2 Å². The van der Waals surface area contributed by atoms with Gasteiger partial charge in [-0.2, -0.15) is 0 Å². The number of aromatic carboxylic acids is 1. The van der Waals surface area contributed by atoms with E-state index in [9.17, 15) is 4.79 Å². The number of hydrogen-bond acceptors (Lipinski definition) is 4. The van der Waals surface area contributed by atoms with Gasteiger partial charge in [0.25, 0.3) is 0 Å². The first-order valence-electron chi connectivity index (χ1n) is 5.32. The van der Waals surface area contributed by atoms with Crippen molar-refractivity contribution in [3.63, 3.8) is 0 Å². The van der Waals surface area contributed by atoms with Gasteiger partial charge in [0.05, 0.1) is 7.11 Å². The molecule has 0 unspecified atom stereocenters. The third-order valence-corrected chi connectivity index (χ3v) is 2.54.